The quantitative estimate of drug-likeness (QED) is 0.562. The summed E-state index contributed by atoms with van der Waals surface area (Å²) in [6.07, 6.45) is 0.992. The Kier molecular flexibility index (Phi) is 3.88. The van der Waals surface area contributed by atoms with E-state index in [0.717, 1.165) is 6.21 Å². The molecular formula is C17H12N2O4. The molecule has 114 valence electrons. The summed E-state index contributed by atoms with van der Waals surface area (Å²) in [6.45, 7) is 0. The highest BCUT2D eigenvalue weighted by atomic mass is 16.4. The number of urea groups is 1. The van der Waals surface area contributed by atoms with Crippen molar-refractivity contribution in [2.45, 2.75) is 0 Å². The zero-order valence-corrected chi connectivity index (χ0v) is 11.9. The van der Waals surface area contributed by atoms with E-state index >= 15 is 0 Å². The van der Waals surface area contributed by atoms with Crippen LogP contribution in [0.2, 0.25) is 0 Å². The van der Waals surface area contributed by atoms with E-state index in [4.69, 9.17) is 4.42 Å². The number of aliphatic imine (C=N–C) groups is 1. The second kappa shape index (κ2) is 6.15. The van der Waals surface area contributed by atoms with E-state index < -0.39 is 11.7 Å². The SMILES string of the molecule is O=C(/N=C/c1c(O)c2ccccc2oc1=O)Nc1ccccc1. The van der Waals surface area contributed by atoms with Crippen molar-refractivity contribution in [3.05, 3.63) is 70.6 Å². The van der Waals surface area contributed by atoms with Crippen molar-refractivity contribution in [2.75, 3.05) is 5.32 Å². The first-order valence-electron chi connectivity index (χ1n) is 6.80. The van der Waals surface area contributed by atoms with Gasteiger partial charge in [-0.15, -0.1) is 0 Å². The third-order valence-electron chi connectivity index (χ3n) is 3.16. The molecule has 0 aliphatic rings. The molecule has 2 aromatic carbocycles. The van der Waals surface area contributed by atoms with E-state index in [2.05, 4.69) is 10.3 Å². The molecule has 6 heteroatoms. The van der Waals surface area contributed by atoms with Crippen LogP contribution in [0.1, 0.15) is 5.56 Å². The summed E-state index contributed by atoms with van der Waals surface area (Å²) < 4.78 is 5.09. The molecule has 1 heterocycles. The Labute approximate surface area is 130 Å². The van der Waals surface area contributed by atoms with Crippen molar-refractivity contribution in [2.24, 2.45) is 4.99 Å². The minimum atomic E-state index is -0.766. The number of aromatic hydroxyl groups is 1. The molecule has 2 amide bonds. The molecule has 0 spiro atoms. The smallest absolute Gasteiger partial charge is 0.348 e. The highest BCUT2D eigenvalue weighted by Gasteiger charge is 2.12. The molecule has 0 unspecified atom stereocenters. The summed E-state index contributed by atoms with van der Waals surface area (Å²) in [5.41, 5.74) is -0.102. The Bertz CT molecular complexity index is 946. The lowest BCUT2D eigenvalue weighted by molar-refractivity contribution is 0.259. The first-order chi connectivity index (χ1) is 11.1. The van der Waals surface area contributed by atoms with E-state index in [9.17, 15) is 14.7 Å². The zero-order chi connectivity index (χ0) is 16.2. The molecule has 0 bridgehead atoms. The number of amides is 2. The van der Waals surface area contributed by atoms with Gasteiger partial charge >= 0.3 is 11.7 Å². The van der Waals surface area contributed by atoms with E-state index in [1.165, 1.54) is 0 Å². The lowest BCUT2D eigenvalue weighted by Gasteiger charge is -2.02. The topological polar surface area (TPSA) is 91.9 Å². The molecule has 0 saturated heterocycles. The van der Waals surface area contributed by atoms with Crippen LogP contribution in [0.3, 0.4) is 0 Å². The number of fused-ring (bicyclic) bond motifs is 1. The number of benzene rings is 2. The van der Waals surface area contributed by atoms with Crippen LogP contribution < -0.4 is 10.9 Å². The van der Waals surface area contributed by atoms with Crippen LogP contribution in [0.4, 0.5) is 10.5 Å². The van der Waals surface area contributed by atoms with E-state index in [1.54, 1.807) is 48.5 Å². The molecule has 0 fully saturated rings. The summed E-state index contributed by atoms with van der Waals surface area (Å²) >= 11 is 0. The fraction of sp³-hybridized carbons (Fsp3) is 0. The molecule has 0 radical (unpaired) electrons. The molecule has 0 aliphatic heterocycles. The average molecular weight is 308 g/mol. The molecular weight excluding hydrogens is 296 g/mol. The zero-order valence-electron chi connectivity index (χ0n) is 11.9. The van der Waals surface area contributed by atoms with Gasteiger partial charge in [-0.3, -0.25) is 0 Å². The van der Waals surface area contributed by atoms with Crippen LogP contribution in [0, 0.1) is 0 Å². The molecule has 1 aromatic heterocycles. The second-order valence-corrected chi connectivity index (χ2v) is 4.70. The standard InChI is InChI=1S/C17H12N2O4/c20-15-12-8-4-5-9-14(12)23-16(21)13(15)10-18-17(22)19-11-6-2-1-3-7-11/h1-10,20H,(H,19,22)/b18-10+. The van der Waals surface area contributed by atoms with Gasteiger partial charge in [-0.05, 0) is 24.3 Å². The number of rotatable bonds is 2. The normalized spacial score (nSPS) is 11.0. The summed E-state index contributed by atoms with van der Waals surface area (Å²) in [5, 5.41) is 13.1. The van der Waals surface area contributed by atoms with Gasteiger partial charge in [-0.2, -0.15) is 0 Å². The van der Waals surface area contributed by atoms with Crippen molar-refractivity contribution in [3.8, 4) is 5.75 Å². The van der Waals surface area contributed by atoms with Gasteiger partial charge in [0.2, 0.25) is 0 Å². The maximum atomic E-state index is 11.9. The highest BCUT2D eigenvalue weighted by molar-refractivity contribution is 6.01. The van der Waals surface area contributed by atoms with Crippen LogP contribution in [0.25, 0.3) is 11.0 Å². The largest absolute Gasteiger partial charge is 0.506 e. The summed E-state index contributed by atoms with van der Waals surface area (Å²) in [5.74, 6) is -0.270. The summed E-state index contributed by atoms with van der Waals surface area (Å²) in [4.78, 5) is 27.2. The molecule has 6 nitrogen and oxygen atoms in total. The number of hydrogen-bond acceptors (Lipinski definition) is 4. The summed E-state index contributed by atoms with van der Waals surface area (Å²) in [6, 6.07) is 14.7. The molecule has 0 saturated carbocycles. The van der Waals surface area contributed by atoms with Crippen molar-refractivity contribution >= 4 is 28.9 Å². The van der Waals surface area contributed by atoms with Gasteiger partial charge in [-0.1, -0.05) is 30.3 Å². The first-order valence-corrected chi connectivity index (χ1v) is 6.80. The Balaban J connectivity index is 1.89. The molecule has 0 aliphatic carbocycles. The maximum absolute atomic E-state index is 11.9. The Hall–Kier alpha value is -3.41. The third kappa shape index (κ3) is 3.11. The van der Waals surface area contributed by atoms with Gasteiger partial charge in [0.15, 0.2) is 0 Å². The Morgan fingerprint density at radius 3 is 2.57 bits per heavy atom. The van der Waals surface area contributed by atoms with Crippen LogP contribution in [-0.2, 0) is 0 Å². The predicted octanol–water partition coefficient (Wildman–Crippen LogP) is 3.15. The monoisotopic (exact) mass is 308 g/mol. The van der Waals surface area contributed by atoms with Gasteiger partial charge in [0.1, 0.15) is 16.9 Å². The van der Waals surface area contributed by atoms with Crippen LogP contribution >= 0.6 is 0 Å². The number of nitrogens with zero attached hydrogens (tertiary/aromatic N) is 1. The summed E-state index contributed by atoms with van der Waals surface area (Å²) in [7, 11) is 0. The van der Waals surface area contributed by atoms with Crippen molar-refractivity contribution in [3.63, 3.8) is 0 Å². The number of nitrogens with one attached hydrogen (secondary N) is 1. The number of anilines is 1. The van der Waals surface area contributed by atoms with Gasteiger partial charge in [0, 0.05) is 5.69 Å². The van der Waals surface area contributed by atoms with Crippen LogP contribution in [0.15, 0.2) is 68.8 Å². The lowest BCUT2D eigenvalue weighted by atomic mass is 10.1. The van der Waals surface area contributed by atoms with E-state index in [1.807, 2.05) is 6.07 Å². The molecule has 0 atom stereocenters. The lowest BCUT2D eigenvalue weighted by Crippen LogP contribution is -2.10. The van der Waals surface area contributed by atoms with Gasteiger partial charge in [0.05, 0.1) is 11.6 Å². The Morgan fingerprint density at radius 1 is 1.09 bits per heavy atom. The number of carbonyl (C=O) groups is 1. The second-order valence-electron chi connectivity index (χ2n) is 4.70. The molecule has 3 rings (SSSR count). The minimum absolute atomic E-state index is 0.174. The number of hydrogen-bond donors (Lipinski definition) is 2. The van der Waals surface area contributed by atoms with Crippen molar-refractivity contribution in [1.29, 1.82) is 0 Å². The molecule has 3 aromatic rings. The van der Waals surface area contributed by atoms with E-state index in [0.29, 0.717) is 11.1 Å². The first kappa shape index (κ1) is 14.5. The molecule has 23 heavy (non-hydrogen) atoms. The highest BCUT2D eigenvalue weighted by Crippen LogP contribution is 2.24. The number of carbonyl (C=O) groups excluding carboxylic acids is 1. The Morgan fingerprint density at radius 2 is 1.78 bits per heavy atom. The van der Waals surface area contributed by atoms with Crippen molar-refractivity contribution < 1.29 is 14.3 Å². The van der Waals surface area contributed by atoms with Crippen LogP contribution in [-0.4, -0.2) is 17.4 Å². The van der Waals surface area contributed by atoms with Gasteiger partial charge in [-0.25, -0.2) is 14.6 Å². The molecule has 2 N–H and O–H groups in total. The third-order valence-corrected chi connectivity index (χ3v) is 3.16. The van der Waals surface area contributed by atoms with Gasteiger partial charge < -0.3 is 14.8 Å². The van der Waals surface area contributed by atoms with Crippen molar-refractivity contribution in [1.82, 2.24) is 0 Å². The van der Waals surface area contributed by atoms with E-state index in [-0.39, 0.29) is 16.9 Å². The predicted molar refractivity (Wildman–Crippen MR) is 87.2 cm³/mol. The maximum Gasteiger partial charge on any atom is 0.348 e. The number of para-hydroxylation sites is 2. The average Bonchev–Trinajstić information content (AvgIpc) is 2.55. The van der Waals surface area contributed by atoms with Gasteiger partial charge in [0.25, 0.3) is 0 Å². The fourth-order valence-electron chi connectivity index (χ4n) is 2.06. The fourth-order valence-corrected chi connectivity index (χ4v) is 2.06. The van der Waals surface area contributed by atoms with Crippen LogP contribution in [0.5, 0.6) is 5.75 Å². The minimum Gasteiger partial charge on any atom is -0.506 e.